The fourth-order valence-electron chi connectivity index (χ4n) is 2.62. The minimum Gasteiger partial charge on any atom is -0.226 e. The van der Waals surface area contributed by atoms with Gasteiger partial charge >= 0.3 is 0 Å². The molecule has 1 aliphatic carbocycles. The summed E-state index contributed by atoms with van der Waals surface area (Å²) >= 11 is 0. The van der Waals surface area contributed by atoms with Crippen molar-refractivity contribution in [3.05, 3.63) is 42.2 Å². The van der Waals surface area contributed by atoms with Gasteiger partial charge in [0.05, 0.1) is 5.56 Å². The van der Waals surface area contributed by atoms with Gasteiger partial charge in [-0.2, -0.15) is 0 Å². The molecule has 4 rings (SSSR count). The second-order valence-electron chi connectivity index (χ2n) is 3.93. The number of nitrogens with zero attached hydrogens (tertiary/aromatic N) is 2. The highest BCUT2D eigenvalue weighted by molar-refractivity contribution is 5.77. The van der Waals surface area contributed by atoms with Crippen LogP contribution in [0.1, 0.15) is 5.56 Å². The monoisotopic (exact) mass is 169 g/mol. The third-order valence-corrected chi connectivity index (χ3v) is 3.44. The molecule has 1 spiro atoms. The largest absolute Gasteiger partial charge is 0.241 e. The number of rotatable bonds is 0. The van der Waals surface area contributed by atoms with Crippen LogP contribution in [0.2, 0.25) is 0 Å². The van der Waals surface area contributed by atoms with E-state index in [1.54, 1.807) is 0 Å². The van der Waals surface area contributed by atoms with Crippen LogP contribution in [0, 0.1) is 0 Å². The summed E-state index contributed by atoms with van der Waals surface area (Å²) in [7, 11) is 0. The van der Waals surface area contributed by atoms with Crippen LogP contribution in [-0.2, 0) is 0 Å². The molecule has 3 aliphatic rings. The molecule has 2 unspecified atom stereocenters. The fourth-order valence-corrected chi connectivity index (χ4v) is 2.62. The maximum atomic E-state index is 4.49. The van der Waals surface area contributed by atoms with Crippen LogP contribution in [-0.4, -0.2) is 17.1 Å². The third-order valence-electron chi connectivity index (χ3n) is 3.44. The highest BCUT2D eigenvalue weighted by Gasteiger charge is 2.71. The Morgan fingerprint density at radius 3 is 2.85 bits per heavy atom. The SMILES string of the molecule is C1=C[N+]2(c3ncccc31)C1C=CC12. The Kier molecular flexibility index (Phi) is 0.757. The molecule has 62 valence electrons. The van der Waals surface area contributed by atoms with Gasteiger partial charge in [0.15, 0.2) is 12.1 Å². The van der Waals surface area contributed by atoms with E-state index in [9.17, 15) is 0 Å². The van der Waals surface area contributed by atoms with Gasteiger partial charge in [-0.1, -0.05) is 0 Å². The zero-order chi connectivity index (χ0) is 8.47. The summed E-state index contributed by atoms with van der Waals surface area (Å²) in [5.41, 5.74) is 1.29. The van der Waals surface area contributed by atoms with Crippen molar-refractivity contribution in [2.75, 3.05) is 0 Å². The molecule has 1 saturated heterocycles. The number of hydrogen-bond acceptors (Lipinski definition) is 1. The van der Waals surface area contributed by atoms with E-state index < -0.39 is 0 Å². The maximum absolute atomic E-state index is 4.49. The van der Waals surface area contributed by atoms with Gasteiger partial charge in [0.25, 0.3) is 0 Å². The summed E-state index contributed by atoms with van der Waals surface area (Å²) in [6.07, 6.45) is 11.0. The first-order valence-corrected chi connectivity index (χ1v) is 4.64. The molecule has 1 aromatic heterocycles. The smallest absolute Gasteiger partial charge is 0.226 e. The number of hydrogen-bond donors (Lipinski definition) is 0. The summed E-state index contributed by atoms with van der Waals surface area (Å²) in [6.45, 7) is 0. The summed E-state index contributed by atoms with van der Waals surface area (Å²) in [4.78, 5) is 4.49. The van der Waals surface area contributed by atoms with Crippen molar-refractivity contribution in [3.63, 3.8) is 0 Å². The fraction of sp³-hybridized carbons (Fsp3) is 0.182. The van der Waals surface area contributed by atoms with Crippen LogP contribution in [0.4, 0.5) is 5.82 Å². The summed E-state index contributed by atoms with van der Waals surface area (Å²) in [5, 5.41) is 0. The Labute approximate surface area is 76.4 Å². The molecular formula is C11H9N2+. The standard InChI is InChI=1S/C11H9N2/c1-2-8-5-7-13(11(8)12-6-1)9-3-4-10(9)13/h1-7,9-10H/q+1. The first-order valence-electron chi connectivity index (χ1n) is 4.64. The van der Waals surface area contributed by atoms with E-state index in [2.05, 4.69) is 35.5 Å². The second kappa shape index (κ2) is 1.61. The molecule has 3 heterocycles. The van der Waals surface area contributed by atoms with Crippen LogP contribution in [0.15, 0.2) is 36.7 Å². The van der Waals surface area contributed by atoms with Gasteiger partial charge in [0, 0.05) is 12.3 Å². The number of quaternary nitrogens is 1. The van der Waals surface area contributed by atoms with E-state index in [-0.39, 0.29) is 0 Å². The van der Waals surface area contributed by atoms with Crippen molar-refractivity contribution in [2.45, 2.75) is 12.1 Å². The Morgan fingerprint density at radius 1 is 1.23 bits per heavy atom. The molecule has 13 heavy (non-hydrogen) atoms. The van der Waals surface area contributed by atoms with E-state index in [1.807, 2.05) is 12.3 Å². The Hall–Kier alpha value is -1.41. The molecule has 2 aliphatic heterocycles. The number of pyridine rings is 1. The molecular weight excluding hydrogens is 160 g/mol. The molecule has 1 fully saturated rings. The lowest BCUT2D eigenvalue weighted by molar-refractivity contribution is 0.672. The molecule has 2 atom stereocenters. The summed E-state index contributed by atoms with van der Waals surface area (Å²) < 4.78 is 0.982. The van der Waals surface area contributed by atoms with Gasteiger partial charge in [-0.15, -0.1) is 0 Å². The van der Waals surface area contributed by atoms with Gasteiger partial charge in [0.2, 0.25) is 5.82 Å². The average Bonchev–Trinajstić information content (AvgIpc) is 2.43. The van der Waals surface area contributed by atoms with E-state index in [0.717, 1.165) is 4.48 Å². The van der Waals surface area contributed by atoms with Crippen molar-refractivity contribution >= 4 is 11.9 Å². The van der Waals surface area contributed by atoms with Crippen LogP contribution in [0.5, 0.6) is 0 Å². The van der Waals surface area contributed by atoms with Crippen LogP contribution >= 0.6 is 0 Å². The summed E-state index contributed by atoms with van der Waals surface area (Å²) in [6, 6.07) is 5.55. The second-order valence-corrected chi connectivity index (χ2v) is 3.93. The van der Waals surface area contributed by atoms with Gasteiger partial charge < -0.3 is 0 Å². The molecule has 0 saturated carbocycles. The molecule has 1 aromatic rings. The molecule has 0 N–H and O–H groups in total. The van der Waals surface area contributed by atoms with Crippen molar-refractivity contribution in [2.24, 2.45) is 0 Å². The molecule has 0 bridgehead atoms. The molecule has 2 heteroatoms. The van der Waals surface area contributed by atoms with Gasteiger partial charge in [0.1, 0.15) is 6.20 Å². The van der Waals surface area contributed by atoms with E-state index in [0.29, 0.717) is 12.1 Å². The van der Waals surface area contributed by atoms with Gasteiger partial charge in [-0.05, 0) is 24.3 Å². The zero-order valence-corrected chi connectivity index (χ0v) is 7.09. The lowest BCUT2D eigenvalue weighted by atomic mass is 10.1. The Balaban J connectivity index is 1.98. The predicted octanol–water partition coefficient (Wildman–Crippen LogP) is 1.69. The Bertz CT molecular complexity index is 447. The normalized spacial score (nSPS) is 41.5. The summed E-state index contributed by atoms with van der Waals surface area (Å²) in [5.74, 6) is 1.24. The van der Waals surface area contributed by atoms with Crippen molar-refractivity contribution < 1.29 is 0 Å². The van der Waals surface area contributed by atoms with Crippen LogP contribution in [0.3, 0.4) is 0 Å². The molecule has 0 aromatic carbocycles. The third kappa shape index (κ3) is 0.474. The van der Waals surface area contributed by atoms with E-state index in [4.69, 9.17) is 0 Å². The first-order chi connectivity index (χ1) is 6.43. The molecule has 0 amide bonds. The number of fused-ring (bicyclic) bond motifs is 5. The quantitative estimate of drug-likeness (QED) is 0.327. The molecule has 0 radical (unpaired) electrons. The highest BCUT2D eigenvalue weighted by atomic mass is 15.6. The minimum absolute atomic E-state index is 0.701. The first kappa shape index (κ1) is 6.11. The van der Waals surface area contributed by atoms with Gasteiger partial charge in [-0.3, -0.25) is 0 Å². The van der Waals surface area contributed by atoms with Gasteiger partial charge in [-0.25, -0.2) is 9.47 Å². The molecule has 2 nitrogen and oxygen atoms in total. The van der Waals surface area contributed by atoms with Crippen molar-refractivity contribution in [1.82, 2.24) is 9.47 Å². The van der Waals surface area contributed by atoms with Crippen LogP contribution in [0.25, 0.3) is 6.08 Å². The average molecular weight is 169 g/mol. The predicted molar refractivity (Wildman–Crippen MR) is 51.8 cm³/mol. The maximum Gasteiger partial charge on any atom is 0.241 e. The number of aromatic nitrogens is 1. The van der Waals surface area contributed by atoms with Crippen molar-refractivity contribution in [1.29, 1.82) is 0 Å². The van der Waals surface area contributed by atoms with E-state index in [1.165, 1.54) is 11.4 Å². The van der Waals surface area contributed by atoms with Crippen molar-refractivity contribution in [3.8, 4) is 0 Å². The highest BCUT2D eigenvalue weighted by Crippen LogP contribution is 2.55. The minimum atomic E-state index is 0.701. The van der Waals surface area contributed by atoms with E-state index >= 15 is 0 Å². The lowest BCUT2D eigenvalue weighted by Crippen LogP contribution is -2.19. The Morgan fingerprint density at radius 2 is 2.08 bits per heavy atom. The lowest BCUT2D eigenvalue weighted by Gasteiger charge is -2.07. The van der Waals surface area contributed by atoms with Crippen LogP contribution < -0.4 is 4.48 Å². The topological polar surface area (TPSA) is 12.9 Å². The zero-order valence-electron chi connectivity index (χ0n) is 7.09.